The molecule has 3 rings (SSSR count). The maximum absolute atomic E-state index is 11.1. The number of nitrogens with two attached hydrogens (primary N) is 1. The Morgan fingerprint density at radius 1 is 1.04 bits per heavy atom. The summed E-state index contributed by atoms with van der Waals surface area (Å²) < 4.78 is 24.7. The van der Waals surface area contributed by atoms with Gasteiger partial charge in [0, 0.05) is 29.5 Å². The fraction of sp³-hybridized carbons (Fsp3) is 0.111. The van der Waals surface area contributed by atoms with Gasteiger partial charge in [-0.15, -0.1) is 12.4 Å². The lowest BCUT2D eigenvalue weighted by Gasteiger charge is -2.09. The molecule has 7 nitrogen and oxygen atoms in total. The highest BCUT2D eigenvalue weighted by Gasteiger charge is 2.04. The number of anilines is 3. The lowest BCUT2D eigenvalue weighted by molar-refractivity contribution is 0.587. The smallest absolute Gasteiger partial charge is 0.209 e. The van der Waals surface area contributed by atoms with E-state index in [-0.39, 0.29) is 19.0 Å². The zero-order valence-electron chi connectivity index (χ0n) is 14.6. The van der Waals surface area contributed by atoms with Gasteiger partial charge in [0.05, 0.1) is 11.9 Å². The highest BCUT2D eigenvalue weighted by molar-refractivity contribution is 7.88. The molecule has 0 aliphatic heterocycles. The first kappa shape index (κ1) is 20.6. The highest BCUT2D eigenvalue weighted by Crippen LogP contribution is 2.22. The first-order valence-corrected chi connectivity index (χ1v) is 9.77. The second-order valence-corrected chi connectivity index (χ2v) is 7.66. The third-order valence-electron chi connectivity index (χ3n) is 3.61. The van der Waals surface area contributed by atoms with Crippen LogP contribution in [-0.2, 0) is 16.6 Å². The molecule has 0 aliphatic carbocycles. The quantitative estimate of drug-likeness (QED) is 0.544. The lowest BCUT2D eigenvalue weighted by Crippen LogP contribution is -2.21. The topological polar surface area (TPSA) is 110 Å². The number of halogens is 1. The van der Waals surface area contributed by atoms with Crippen molar-refractivity contribution in [1.29, 1.82) is 0 Å². The second kappa shape index (κ2) is 8.81. The van der Waals surface area contributed by atoms with Crippen LogP contribution < -0.4 is 15.8 Å². The van der Waals surface area contributed by atoms with Gasteiger partial charge in [0.15, 0.2) is 0 Å². The largest absolute Gasteiger partial charge is 0.399 e. The lowest BCUT2D eigenvalue weighted by atomic mass is 10.1. The van der Waals surface area contributed by atoms with Crippen molar-refractivity contribution in [2.24, 2.45) is 0 Å². The third kappa shape index (κ3) is 6.21. The van der Waals surface area contributed by atoms with Gasteiger partial charge in [-0.2, -0.15) is 0 Å². The highest BCUT2D eigenvalue weighted by atomic mass is 35.5. The van der Waals surface area contributed by atoms with Gasteiger partial charge in [0.1, 0.15) is 12.1 Å². The molecule has 0 unspecified atom stereocenters. The summed E-state index contributed by atoms with van der Waals surface area (Å²) in [5.41, 5.74) is 9.88. The van der Waals surface area contributed by atoms with Crippen LogP contribution in [0.3, 0.4) is 0 Å². The van der Waals surface area contributed by atoms with E-state index >= 15 is 0 Å². The van der Waals surface area contributed by atoms with E-state index in [2.05, 4.69) is 20.0 Å². The first-order chi connectivity index (χ1) is 12.4. The van der Waals surface area contributed by atoms with Gasteiger partial charge in [-0.05, 0) is 29.8 Å². The summed E-state index contributed by atoms with van der Waals surface area (Å²) >= 11 is 0. The predicted molar refractivity (Wildman–Crippen MR) is 111 cm³/mol. The third-order valence-corrected chi connectivity index (χ3v) is 4.28. The minimum absolute atomic E-state index is 0. The molecular weight excluding hydrogens is 386 g/mol. The number of rotatable bonds is 6. The first-order valence-electron chi connectivity index (χ1n) is 7.88. The normalized spacial score (nSPS) is 10.9. The molecular formula is C18H20ClN5O2S. The molecule has 4 N–H and O–H groups in total. The maximum atomic E-state index is 11.1. The van der Waals surface area contributed by atoms with Gasteiger partial charge in [-0.1, -0.05) is 24.3 Å². The van der Waals surface area contributed by atoms with Crippen LogP contribution in [0, 0.1) is 0 Å². The number of hydrogen-bond acceptors (Lipinski definition) is 6. The minimum atomic E-state index is -3.21. The predicted octanol–water partition coefficient (Wildman–Crippen LogP) is 2.94. The molecule has 0 aliphatic rings. The van der Waals surface area contributed by atoms with Gasteiger partial charge in [0.25, 0.3) is 0 Å². The van der Waals surface area contributed by atoms with Crippen LogP contribution in [0.4, 0.5) is 17.2 Å². The monoisotopic (exact) mass is 405 g/mol. The number of benzene rings is 2. The molecule has 0 amide bonds. The van der Waals surface area contributed by atoms with Crippen LogP contribution in [0.5, 0.6) is 0 Å². The average molecular weight is 406 g/mol. The number of aromatic nitrogens is 2. The van der Waals surface area contributed by atoms with Gasteiger partial charge in [0.2, 0.25) is 10.0 Å². The maximum Gasteiger partial charge on any atom is 0.209 e. The molecule has 0 fully saturated rings. The second-order valence-electron chi connectivity index (χ2n) is 5.83. The van der Waals surface area contributed by atoms with Crippen LogP contribution in [0.25, 0.3) is 11.3 Å². The molecule has 0 saturated heterocycles. The van der Waals surface area contributed by atoms with Gasteiger partial charge >= 0.3 is 0 Å². The summed E-state index contributed by atoms with van der Waals surface area (Å²) in [6.07, 6.45) is 2.63. The standard InChI is InChI=1S/C18H19N5O2S.ClH/c1-26(24,25)22-11-13-5-7-16(8-6-13)23-18-10-17(20-12-21-18)14-3-2-4-15(19)9-14;/h2-10,12,22H,11,19H2,1H3,(H,20,21,23);1H. The summed E-state index contributed by atoms with van der Waals surface area (Å²) in [5, 5.41) is 3.21. The average Bonchev–Trinajstić information content (AvgIpc) is 2.61. The number of sulfonamides is 1. The molecule has 0 spiro atoms. The Kier molecular flexibility index (Phi) is 6.73. The fourth-order valence-electron chi connectivity index (χ4n) is 2.35. The van der Waals surface area contributed by atoms with Gasteiger partial charge < -0.3 is 11.1 Å². The van der Waals surface area contributed by atoms with E-state index in [1.54, 1.807) is 0 Å². The molecule has 142 valence electrons. The van der Waals surface area contributed by atoms with Crippen LogP contribution in [0.15, 0.2) is 60.9 Å². The number of nitrogens with zero attached hydrogens (tertiary/aromatic N) is 2. The molecule has 9 heteroatoms. The zero-order chi connectivity index (χ0) is 18.6. The zero-order valence-corrected chi connectivity index (χ0v) is 16.2. The summed E-state index contributed by atoms with van der Waals surface area (Å²) in [5.74, 6) is 0.652. The molecule has 27 heavy (non-hydrogen) atoms. The van der Waals surface area contributed by atoms with E-state index in [4.69, 9.17) is 5.73 Å². The van der Waals surface area contributed by atoms with Gasteiger partial charge in [-0.25, -0.2) is 23.1 Å². The van der Waals surface area contributed by atoms with Crippen LogP contribution in [0.1, 0.15) is 5.56 Å². The summed E-state index contributed by atoms with van der Waals surface area (Å²) in [6.45, 7) is 0.256. The Labute approximate surface area is 164 Å². The Bertz CT molecular complexity index is 1010. The van der Waals surface area contributed by atoms with E-state index in [1.807, 2.05) is 54.6 Å². The SMILES string of the molecule is CS(=O)(=O)NCc1ccc(Nc2cc(-c3cccc(N)c3)ncn2)cc1.Cl. The molecule has 3 aromatic rings. The molecule has 0 saturated carbocycles. The Balaban J connectivity index is 0.00000261. The Hall–Kier alpha value is -2.68. The molecule has 1 aromatic heterocycles. The van der Waals surface area contributed by atoms with Crippen molar-refractivity contribution < 1.29 is 8.42 Å². The van der Waals surface area contributed by atoms with Crippen molar-refractivity contribution in [3.8, 4) is 11.3 Å². The van der Waals surface area contributed by atoms with Gasteiger partial charge in [-0.3, -0.25) is 0 Å². The van der Waals surface area contributed by atoms with Crippen LogP contribution in [-0.4, -0.2) is 24.6 Å². The van der Waals surface area contributed by atoms with Crippen molar-refractivity contribution in [2.75, 3.05) is 17.3 Å². The molecule has 0 bridgehead atoms. The van der Waals surface area contributed by atoms with Crippen molar-refractivity contribution in [3.63, 3.8) is 0 Å². The van der Waals surface area contributed by atoms with E-state index in [0.29, 0.717) is 11.5 Å². The van der Waals surface area contributed by atoms with E-state index < -0.39 is 10.0 Å². The van der Waals surface area contributed by atoms with Crippen LogP contribution in [0.2, 0.25) is 0 Å². The van der Waals surface area contributed by atoms with Crippen molar-refractivity contribution in [2.45, 2.75) is 6.54 Å². The van der Waals surface area contributed by atoms with E-state index in [0.717, 1.165) is 28.8 Å². The Morgan fingerprint density at radius 3 is 2.44 bits per heavy atom. The number of nitrogens with one attached hydrogen (secondary N) is 2. The summed E-state index contributed by atoms with van der Waals surface area (Å²) in [7, 11) is -3.21. The van der Waals surface area contributed by atoms with E-state index in [9.17, 15) is 8.42 Å². The molecule has 2 aromatic carbocycles. The van der Waals surface area contributed by atoms with Crippen LogP contribution >= 0.6 is 12.4 Å². The fourth-order valence-corrected chi connectivity index (χ4v) is 2.78. The van der Waals surface area contributed by atoms with Crippen molar-refractivity contribution in [3.05, 3.63) is 66.5 Å². The minimum Gasteiger partial charge on any atom is -0.399 e. The Morgan fingerprint density at radius 2 is 1.78 bits per heavy atom. The number of nitrogen functional groups attached to an aromatic ring is 1. The summed E-state index contributed by atoms with van der Waals surface area (Å²) in [4.78, 5) is 8.51. The summed E-state index contributed by atoms with van der Waals surface area (Å²) in [6, 6.07) is 16.8. The molecule has 0 radical (unpaired) electrons. The van der Waals surface area contributed by atoms with Crippen molar-refractivity contribution in [1.82, 2.24) is 14.7 Å². The van der Waals surface area contributed by atoms with E-state index in [1.165, 1.54) is 6.33 Å². The molecule has 0 atom stereocenters. The number of hydrogen-bond donors (Lipinski definition) is 3. The van der Waals surface area contributed by atoms with Crippen molar-refractivity contribution >= 4 is 39.6 Å². The molecule has 1 heterocycles.